The molecular weight excluding hydrogens is 326 g/mol. The summed E-state index contributed by atoms with van der Waals surface area (Å²) < 4.78 is 0. The average molecular weight is 343 g/mol. The predicted molar refractivity (Wildman–Crippen MR) is 91.5 cm³/mol. The predicted octanol–water partition coefficient (Wildman–Crippen LogP) is 3.14. The molecule has 0 bridgehead atoms. The van der Waals surface area contributed by atoms with E-state index in [1.54, 1.807) is 0 Å². The molecule has 2 N–H and O–H groups in total. The normalized spacial score (nSPS) is 19.1. The summed E-state index contributed by atoms with van der Waals surface area (Å²) in [6.07, 6.45) is 2.24. The first kappa shape index (κ1) is 16.8. The summed E-state index contributed by atoms with van der Waals surface area (Å²) in [5, 5.41) is 35.9. The van der Waals surface area contributed by atoms with Gasteiger partial charge in [0.25, 0.3) is 11.4 Å². The van der Waals surface area contributed by atoms with Gasteiger partial charge in [-0.2, -0.15) is 0 Å². The van der Waals surface area contributed by atoms with Gasteiger partial charge in [-0.1, -0.05) is 24.3 Å². The van der Waals surface area contributed by atoms with Crippen molar-refractivity contribution < 1.29 is 15.0 Å². The molecule has 0 heterocycles. The van der Waals surface area contributed by atoms with Crippen molar-refractivity contribution in [3.8, 4) is 0 Å². The third-order valence-corrected chi connectivity index (χ3v) is 4.52. The van der Waals surface area contributed by atoms with Gasteiger partial charge >= 0.3 is 0 Å². The van der Waals surface area contributed by atoms with Crippen LogP contribution in [0.4, 0.5) is 17.1 Å². The second kappa shape index (κ2) is 6.48. The first-order valence-corrected chi connectivity index (χ1v) is 7.88. The zero-order valence-corrected chi connectivity index (χ0v) is 13.3. The second-order valence-electron chi connectivity index (χ2n) is 6.11. The molecule has 0 saturated heterocycles. The van der Waals surface area contributed by atoms with Gasteiger partial charge < -0.3 is 10.4 Å². The lowest BCUT2D eigenvalue weighted by Gasteiger charge is -2.34. The standard InChI is InChI=1S/C17H17N3O5/c21-17(9-3-5-12-4-1-2-6-14(12)17)11-18-15-8-7-13(19(22)23)10-16(15)20(24)25/h1-2,4,6-8,10,18,21H,3,5,9,11H2. The molecular formula is C17H17N3O5. The Hall–Kier alpha value is -3.00. The smallest absolute Gasteiger partial charge is 0.299 e. The summed E-state index contributed by atoms with van der Waals surface area (Å²) in [5.41, 5.74) is 0.160. The Balaban J connectivity index is 1.87. The molecule has 8 nitrogen and oxygen atoms in total. The van der Waals surface area contributed by atoms with Gasteiger partial charge in [0, 0.05) is 12.6 Å². The minimum absolute atomic E-state index is 0.0860. The number of hydrogen-bond donors (Lipinski definition) is 2. The van der Waals surface area contributed by atoms with E-state index in [2.05, 4.69) is 5.32 Å². The first-order valence-electron chi connectivity index (χ1n) is 7.88. The Kier molecular flexibility index (Phi) is 4.37. The van der Waals surface area contributed by atoms with Crippen LogP contribution in [0.5, 0.6) is 0 Å². The number of nitrogens with one attached hydrogen (secondary N) is 1. The molecule has 3 rings (SSSR count). The lowest BCUT2D eigenvalue weighted by atomic mass is 9.79. The van der Waals surface area contributed by atoms with E-state index in [4.69, 9.17) is 0 Å². The van der Waals surface area contributed by atoms with Crippen LogP contribution in [0.25, 0.3) is 0 Å². The van der Waals surface area contributed by atoms with Crippen molar-refractivity contribution in [1.29, 1.82) is 0 Å². The fourth-order valence-corrected chi connectivity index (χ4v) is 3.26. The van der Waals surface area contributed by atoms with Gasteiger partial charge in [-0.3, -0.25) is 20.2 Å². The monoisotopic (exact) mass is 343 g/mol. The molecule has 0 aliphatic heterocycles. The van der Waals surface area contributed by atoms with Crippen molar-refractivity contribution in [2.24, 2.45) is 0 Å². The number of non-ortho nitro benzene ring substituents is 1. The molecule has 0 radical (unpaired) electrons. The van der Waals surface area contributed by atoms with E-state index in [1.165, 1.54) is 12.1 Å². The number of fused-ring (bicyclic) bond motifs is 1. The molecule has 1 aliphatic rings. The maximum Gasteiger partial charge on any atom is 0.299 e. The Morgan fingerprint density at radius 2 is 1.88 bits per heavy atom. The number of rotatable bonds is 5. The fourth-order valence-electron chi connectivity index (χ4n) is 3.26. The summed E-state index contributed by atoms with van der Waals surface area (Å²) >= 11 is 0. The van der Waals surface area contributed by atoms with Gasteiger partial charge in [0.2, 0.25) is 0 Å². The third kappa shape index (κ3) is 3.29. The Morgan fingerprint density at radius 3 is 2.60 bits per heavy atom. The van der Waals surface area contributed by atoms with Gasteiger partial charge in [-0.05, 0) is 36.5 Å². The third-order valence-electron chi connectivity index (χ3n) is 4.52. The van der Waals surface area contributed by atoms with Crippen LogP contribution < -0.4 is 5.32 Å². The Morgan fingerprint density at radius 1 is 1.12 bits per heavy atom. The molecule has 1 unspecified atom stereocenters. The van der Waals surface area contributed by atoms with Gasteiger partial charge in [0.05, 0.1) is 15.9 Å². The van der Waals surface area contributed by atoms with Gasteiger partial charge in [-0.15, -0.1) is 0 Å². The molecule has 2 aromatic rings. The van der Waals surface area contributed by atoms with Crippen molar-refractivity contribution in [3.63, 3.8) is 0 Å². The maximum atomic E-state index is 11.2. The van der Waals surface area contributed by atoms with Crippen molar-refractivity contribution in [2.45, 2.75) is 24.9 Å². The first-order chi connectivity index (χ1) is 11.9. The number of benzene rings is 2. The fraction of sp³-hybridized carbons (Fsp3) is 0.294. The molecule has 0 aromatic heterocycles. The van der Waals surface area contributed by atoms with E-state index in [1.807, 2.05) is 24.3 Å². The molecule has 1 aliphatic carbocycles. The lowest BCUT2D eigenvalue weighted by molar-refractivity contribution is -0.393. The lowest BCUT2D eigenvalue weighted by Crippen LogP contribution is -2.37. The van der Waals surface area contributed by atoms with E-state index < -0.39 is 15.4 Å². The van der Waals surface area contributed by atoms with Crippen LogP contribution in [0.1, 0.15) is 24.0 Å². The van der Waals surface area contributed by atoms with E-state index >= 15 is 0 Å². The SMILES string of the molecule is O=[N+]([O-])c1ccc(NCC2(O)CCCc3ccccc32)c([N+](=O)[O-])c1. The molecule has 130 valence electrons. The number of nitro benzene ring substituents is 2. The van der Waals surface area contributed by atoms with E-state index in [-0.39, 0.29) is 23.6 Å². The van der Waals surface area contributed by atoms with Crippen LogP contribution in [0.15, 0.2) is 42.5 Å². The molecule has 8 heteroatoms. The minimum Gasteiger partial charge on any atom is -0.383 e. The van der Waals surface area contributed by atoms with Gasteiger partial charge in [0.15, 0.2) is 0 Å². The highest BCUT2D eigenvalue weighted by Crippen LogP contribution is 2.36. The average Bonchev–Trinajstić information content (AvgIpc) is 2.60. The minimum atomic E-state index is -1.13. The number of nitrogens with zero attached hydrogens (tertiary/aromatic N) is 2. The van der Waals surface area contributed by atoms with Crippen molar-refractivity contribution in [1.82, 2.24) is 0 Å². The van der Waals surface area contributed by atoms with Crippen LogP contribution in [0, 0.1) is 20.2 Å². The summed E-state index contributed by atoms with van der Waals surface area (Å²) in [6, 6.07) is 11.0. The van der Waals surface area contributed by atoms with E-state index in [0.717, 1.165) is 30.0 Å². The van der Waals surface area contributed by atoms with Crippen LogP contribution in [-0.2, 0) is 12.0 Å². The molecule has 0 saturated carbocycles. The Labute approximate surface area is 143 Å². The highest BCUT2D eigenvalue weighted by molar-refractivity contribution is 5.65. The number of nitro groups is 2. The summed E-state index contributed by atoms with van der Waals surface area (Å²) in [6.45, 7) is 0.0860. The van der Waals surface area contributed by atoms with Crippen LogP contribution in [-0.4, -0.2) is 21.5 Å². The van der Waals surface area contributed by atoms with E-state index in [0.29, 0.717) is 6.42 Å². The summed E-state index contributed by atoms with van der Waals surface area (Å²) in [4.78, 5) is 20.7. The second-order valence-corrected chi connectivity index (χ2v) is 6.11. The van der Waals surface area contributed by atoms with Crippen molar-refractivity contribution in [3.05, 3.63) is 73.8 Å². The number of anilines is 1. The molecule has 0 amide bonds. The molecule has 0 spiro atoms. The summed E-state index contributed by atoms with van der Waals surface area (Å²) in [7, 11) is 0. The van der Waals surface area contributed by atoms with Crippen molar-refractivity contribution in [2.75, 3.05) is 11.9 Å². The van der Waals surface area contributed by atoms with Crippen LogP contribution in [0.3, 0.4) is 0 Å². The van der Waals surface area contributed by atoms with Crippen LogP contribution in [0.2, 0.25) is 0 Å². The van der Waals surface area contributed by atoms with Crippen LogP contribution >= 0.6 is 0 Å². The maximum absolute atomic E-state index is 11.2. The molecule has 2 aromatic carbocycles. The zero-order valence-electron chi connectivity index (χ0n) is 13.3. The highest BCUT2D eigenvalue weighted by atomic mass is 16.6. The molecule has 0 fully saturated rings. The number of aliphatic hydroxyl groups is 1. The largest absolute Gasteiger partial charge is 0.383 e. The Bertz CT molecular complexity index is 839. The zero-order chi connectivity index (χ0) is 18.0. The van der Waals surface area contributed by atoms with Gasteiger partial charge in [0.1, 0.15) is 11.3 Å². The molecule has 1 atom stereocenters. The number of hydrogen-bond acceptors (Lipinski definition) is 6. The quantitative estimate of drug-likeness (QED) is 0.636. The van der Waals surface area contributed by atoms with Crippen molar-refractivity contribution >= 4 is 17.1 Å². The summed E-state index contributed by atoms with van der Waals surface area (Å²) in [5.74, 6) is 0. The highest BCUT2D eigenvalue weighted by Gasteiger charge is 2.34. The number of aryl methyl sites for hydroxylation is 1. The molecule has 25 heavy (non-hydrogen) atoms. The van der Waals surface area contributed by atoms with Gasteiger partial charge in [-0.25, -0.2) is 0 Å². The topological polar surface area (TPSA) is 119 Å². The van der Waals surface area contributed by atoms with E-state index in [9.17, 15) is 25.3 Å².